The van der Waals surface area contributed by atoms with Crippen LogP contribution in [-0.4, -0.2) is 17.5 Å². The van der Waals surface area contributed by atoms with Gasteiger partial charge in [-0.05, 0) is 0 Å². The van der Waals surface area contributed by atoms with Crippen LogP contribution in [0.3, 0.4) is 0 Å². The Morgan fingerprint density at radius 3 is 2.86 bits per heavy atom. The van der Waals surface area contributed by atoms with Crippen molar-refractivity contribution in [3.63, 3.8) is 0 Å². The van der Waals surface area contributed by atoms with E-state index in [-0.39, 0.29) is 0 Å². The second-order valence-corrected chi connectivity index (χ2v) is 2.26. The van der Waals surface area contributed by atoms with Crippen molar-refractivity contribution in [2.24, 2.45) is 0 Å². The highest BCUT2D eigenvalue weighted by Crippen LogP contribution is 1.74. The monoisotopic (exact) mass is 211 g/mol. The molecule has 0 spiro atoms. The van der Waals surface area contributed by atoms with E-state index in [0.717, 1.165) is 13.1 Å². The molecule has 0 aromatic rings. The van der Waals surface area contributed by atoms with Gasteiger partial charge in [-0.25, -0.2) is 0 Å². The minimum absolute atomic E-state index is 0.934. The summed E-state index contributed by atoms with van der Waals surface area (Å²) in [4.78, 5) is 0. The van der Waals surface area contributed by atoms with Gasteiger partial charge in [-0.3, -0.25) is 0 Å². The van der Waals surface area contributed by atoms with E-state index in [0.29, 0.717) is 0 Å². The van der Waals surface area contributed by atoms with Gasteiger partial charge in [-0.15, -0.1) is 6.58 Å². The smallest absolute Gasteiger partial charge is 0.0132 e. The molecule has 0 aliphatic heterocycles. The summed E-state index contributed by atoms with van der Waals surface area (Å²) in [6.07, 6.45) is 1.87. The first-order valence-corrected chi connectivity index (χ1v) is 3.82. The zero-order valence-electron chi connectivity index (χ0n) is 4.28. The van der Waals surface area contributed by atoms with Crippen LogP contribution in [0, 0.1) is 0 Å². The average molecular weight is 211 g/mol. The second kappa shape index (κ2) is 6.43. The molecule has 1 nitrogen and oxygen atoms in total. The Hall–Kier alpha value is 0.430. The van der Waals surface area contributed by atoms with E-state index in [4.69, 9.17) is 0 Å². The molecule has 0 fully saturated rings. The van der Waals surface area contributed by atoms with Crippen molar-refractivity contribution in [2.75, 3.05) is 17.5 Å². The Labute approximate surface area is 58.3 Å². The normalized spacial score (nSPS) is 8.71. The summed E-state index contributed by atoms with van der Waals surface area (Å²) in [5.41, 5.74) is 0. The summed E-state index contributed by atoms with van der Waals surface area (Å²) in [5.74, 6) is 0. The fourth-order valence-corrected chi connectivity index (χ4v) is 0.652. The first kappa shape index (κ1) is 7.43. The Morgan fingerprint density at radius 1 is 1.71 bits per heavy atom. The van der Waals surface area contributed by atoms with Crippen molar-refractivity contribution in [1.82, 2.24) is 5.32 Å². The predicted octanol–water partition coefficient (Wildman–Crippen LogP) is 1.20. The Balaban J connectivity index is 2.56. The molecule has 0 aromatic heterocycles. The summed E-state index contributed by atoms with van der Waals surface area (Å²) < 4.78 is 1.17. The van der Waals surface area contributed by atoms with Crippen molar-refractivity contribution >= 4 is 22.6 Å². The van der Waals surface area contributed by atoms with Crippen LogP contribution in [0.2, 0.25) is 0 Å². The number of nitrogens with one attached hydrogen (secondary N) is 1. The Kier molecular flexibility index (Phi) is 6.82. The van der Waals surface area contributed by atoms with Crippen molar-refractivity contribution in [2.45, 2.75) is 0 Å². The lowest BCUT2D eigenvalue weighted by atomic mass is 10.6. The van der Waals surface area contributed by atoms with E-state index in [2.05, 4.69) is 34.5 Å². The van der Waals surface area contributed by atoms with Crippen LogP contribution in [0.5, 0.6) is 0 Å². The van der Waals surface area contributed by atoms with E-state index >= 15 is 0 Å². The van der Waals surface area contributed by atoms with E-state index in [1.54, 1.807) is 0 Å². The molecule has 0 amide bonds. The molecule has 1 N–H and O–H groups in total. The zero-order valence-corrected chi connectivity index (χ0v) is 6.44. The molecule has 0 unspecified atom stereocenters. The van der Waals surface area contributed by atoms with Gasteiger partial charge in [0.1, 0.15) is 0 Å². The maximum Gasteiger partial charge on any atom is 0.0132 e. The number of hydrogen-bond donors (Lipinski definition) is 1. The van der Waals surface area contributed by atoms with E-state index < -0.39 is 0 Å². The zero-order chi connectivity index (χ0) is 5.54. The van der Waals surface area contributed by atoms with Gasteiger partial charge in [0.2, 0.25) is 0 Å². The summed E-state index contributed by atoms with van der Waals surface area (Å²) in [7, 11) is 0. The molecule has 0 aliphatic carbocycles. The first-order valence-electron chi connectivity index (χ1n) is 2.29. The summed E-state index contributed by atoms with van der Waals surface area (Å²) in [6, 6.07) is 0. The first-order chi connectivity index (χ1) is 3.41. The highest BCUT2D eigenvalue weighted by atomic mass is 127. The molecule has 0 heterocycles. The molecule has 0 radical (unpaired) electrons. The molecule has 0 saturated heterocycles. The van der Waals surface area contributed by atoms with Crippen LogP contribution in [-0.2, 0) is 0 Å². The maximum atomic E-state index is 3.57. The molecule has 0 saturated carbocycles. The third-order valence-electron chi connectivity index (χ3n) is 0.560. The minimum atomic E-state index is 0.934. The molecule has 0 atom stereocenters. The maximum absolute atomic E-state index is 3.57. The molecule has 2 heteroatoms. The van der Waals surface area contributed by atoms with Crippen LogP contribution in [0.15, 0.2) is 12.7 Å². The Bertz CT molecular complexity index is 45.3. The Morgan fingerprint density at radius 2 is 2.43 bits per heavy atom. The molecular weight excluding hydrogens is 201 g/mol. The van der Waals surface area contributed by atoms with Crippen LogP contribution in [0.4, 0.5) is 0 Å². The van der Waals surface area contributed by atoms with Crippen LogP contribution in [0.25, 0.3) is 0 Å². The van der Waals surface area contributed by atoms with Crippen LogP contribution >= 0.6 is 22.6 Å². The molecule has 0 aromatic carbocycles. The highest BCUT2D eigenvalue weighted by Gasteiger charge is 1.74. The lowest BCUT2D eigenvalue weighted by Crippen LogP contribution is -2.15. The standard InChI is InChI=1S/C5H10IN/c1-2-4-7-5-3-6/h2,7H,1,3-5H2. The number of hydrogen-bond acceptors (Lipinski definition) is 1. The van der Waals surface area contributed by atoms with Crippen molar-refractivity contribution in [3.8, 4) is 0 Å². The van der Waals surface area contributed by atoms with E-state index in [1.165, 1.54) is 4.43 Å². The second-order valence-electron chi connectivity index (χ2n) is 1.18. The predicted molar refractivity (Wildman–Crippen MR) is 42.0 cm³/mol. The molecule has 7 heavy (non-hydrogen) atoms. The summed E-state index contributed by atoms with van der Waals surface area (Å²) in [5, 5.41) is 3.16. The lowest BCUT2D eigenvalue weighted by Gasteiger charge is -1.92. The summed E-state index contributed by atoms with van der Waals surface area (Å²) in [6.45, 7) is 5.59. The third-order valence-corrected chi connectivity index (χ3v) is 1.10. The number of rotatable bonds is 4. The van der Waals surface area contributed by atoms with Gasteiger partial charge in [-0.2, -0.15) is 0 Å². The fraction of sp³-hybridized carbons (Fsp3) is 0.600. The summed E-state index contributed by atoms with van der Waals surface area (Å²) >= 11 is 2.33. The van der Waals surface area contributed by atoms with Crippen molar-refractivity contribution in [3.05, 3.63) is 12.7 Å². The molecule has 0 bridgehead atoms. The molecule has 0 rings (SSSR count). The van der Waals surface area contributed by atoms with Crippen LogP contribution < -0.4 is 5.32 Å². The number of halogens is 1. The SMILES string of the molecule is C=CCNCCI. The highest BCUT2D eigenvalue weighted by molar-refractivity contribution is 14.1. The van der Waals surface area contributed by atoms with E-state index in [9.17, 15) is 0 Å². The van der Waals surface area contributed by atoms with Gasteiger partial charge in [0.05, 0.1) is 0 Å². The van der Waals surface area contributed by atoms with Gasteiger partial charge in [0.25, 0.3) is 0 Å². The van der Waals surface area contributed by atoms with Gasteiger partial charge in [0, 0.05) is 17.5 Å². The van der Waals surface area contributed by atoms with Crippen molar-refractivity contribution < 1.29 is 0 Å². The average Bonchev–Trinajstić information content (AvgIpc) is 1.69. The number of alkyl halides is 1. The third kappa shape index (κ3) is 6.43. The van der Waals surface area contributed by atoms with Gasteiger partial charge >= 0.3 is 0 Å². The largest absolute Gasteiger partial charge is 0.313 e. The van der Waals surface area contributed by atoms with Gasteiger partial charge in [0.15, 0.2) is 0 Å². The van der Waals surface area contributed by atoms with Gasteiger partial charge in [-0.1, -0.05) is 28.7 Å². The van der Waals surface area contributed by atoms with E-state index in [1.807, 2.05) is 6.08 Å². The quantitative estimate of drug-likeness (QED) is 0.319. The van der Waals surface area contributed by atoms with Crippen LogP contribution in [0.1, 0.15) is 0 Å². The molecule has 42 valence electrons. The fourth-order valence-electron chi connectivity index (χ4n) is 0.271. The lowest BCUT2D eigenvalue weighted by molar-refractivity contribution is 0.813. The molecule has 0 aliphatic rings. The molecular formula is C5H10IN. The van der Waals surface area contributed by atoms with Gasteiger partial charge < -0.3 is 5.32 Å². The minimum Gasteiger partial charge on any atom is -0.313 e. The topological polar surface area (TPSA) is 12.0 Å². The van der Waals surface area contributed by atoms with Crippen molar-refractivity contribution in [1.29, 1.82) is 0 Å².